The fraction of sp³-hybridized carbons (Fsp3) is 0.571. The third kappa shape index (κ3) is 2.22. The summed E-state index contributed by atoms with van der Waals surface area (Å²) in [6, 6.07) is 8.17. The Morgan fingerprint density at radius 3 is 2.56 bits per heavy atom. The zero-order valence-corrected chi connectivity index (χ0v) is 10.4. The van der Waals surface area contributed by atoms with Crippen LogP contribution in [0.1, 0.15) is 38.9 Å². The van der Waals surface area contributed by atoms with Gasteiger partial charge in [-0.3, -0.25) is 0 Å². The highest BCUT2D eigenvalue weighted by molar-refractivity contribution is 5.55. The third-order valence-electron chi connectivity index (χ3n) is 3.40. The molecule has 0 bridgehead atoms. The number of nitrogens with zero attached hydrogens (tertiary/aromatic N) is 1. The van der Waals surface area contributed by atoms with Gasteiger partial charge in [0.1, 0.15) is 0 Å². The zero-order chi connectivity index (χ0) is 11.8. The van der Waals surface area contributed by atoms with Crippen LogP contribution in [0.25, 0.3) is 0 Å². The van der Waals surface area contributed by atoms with E-state index in [1.54, 1.807) is 0 Å². The van der Waals surface area contributed by atoms with Crippen molar-refractivity contribution in [2.45, 2.75) is 33.3 Å². The molecule has 0 saturated carbocycles. The van der Waals surface area contributed by atoms with Crippen molar-refractivity contribution < 1.29 is 5.11 Å². The summed E-state index contributed by atoms with van der Waals surface area (Å²) >= 11 is 0. The highest BCUT2D eigenvalue weighted by Gasteiger charge is 2.30. The summed E-state index contributed by atoms with van der Waals surface area (Å²) < 4.78 is 0. The minimum Gasteiger partial charge on any atom is -0.389 e. The number of para-hydroxylation sites is 1. The molecule has 16 heavy (non-hydrogen) atoms. The van der Waals surface area contributed by atoms with E-state index in [1.165, 1.54) is 12.1 Å². The highest BCUT2D eigenvalue weighted by atomic mass is 16.3. The SMILES string of the molecule is C[C@@H](O)c1ccccc1N1CCC(C)(C)C1. The summed E-state index contributed by atoms with van der Waals surface area (Å²) in [5, 5.41) is 9.77. The summed E-state index contributed by atoms with van der Waals surface area (Å²) in [6.45, 7) is 8.61. The van der Waals surface area contributed by atoms with E-state index < -0.39 is 0 Å². The van der Waals surface area contributed by atoms with Gasteiger partial charge in [0, 0.05) is 24.3 Å². The summed E-state index contributed by atoms with van der Waals surface area (Å²) in [6.07, 6.45) is 0.834. The van der Waals surface area contributed by atoms with Crippen LogP contribution in [0.2, 0.25) is 0 Å². The summed E-state index contributed by atoms with van der Waals surface area (Å²) in [5.41, 5.74) is 2.63. The number of hydrogen-bond acceptors (Lipinski definition) is 2. The molecule has 1 saturated heterocycles. The van der Waals surface area contributed by atoms with E-state index >= 15 is 0 Å². The van der Waals surface area contributed by atoms with Crippen molar-refractivity contribution in [3.05, 3.63) is 29.8 Å². The van der Waals surface area contributed by atoms with Crippen LogP contribution in [0, 0.1) is 5.41 Å². The van der Waals surface area contributed by atoms with Crippen molar-refractivity contribution in [2.75, 3.05) is 18.0 Å². The minimum atomic E-state index is -0.389. The van der Waals surface area contributed by atoms with Gasteiger partial charge in [0.05, 0.1) is 6.10 Å². The van der Waals surface area contributed by atoms with Crippen LogP contribution in [0.3, 0.4) is 0 Å². The second-order valence-electron chi connectivity index (χ2n) is 5.57. The first kappa shape index (κ1) is 11.5. The maximum absolute atomic E-state index is 9.77. The van der Waals surface area contributed by atoms with Gasteiger partial charge in [-0.15, -0.1) is 0 Å². The van der Waals surface area contributed by atoms with E-state index in [2.05, 4.69) is 24.8 Å². The molecule has 1 aromatic carbocycles. The Morgan fingerprint density at radius 2 is 2.00 bits per heavy atom. The molecule has 1 aromatic rings. The van der Waals surface area contributed by atoms with Crippen molar-refractivity contribution in [1.82, 2.24) is 0 Å². The molecule has 2 rings (SSSR count). The smallest absolute Gasteiger partial charge is 0.0781 e. The van der Waals surface area contributed by atoms with Gasteiger partial charge in [0.15, 0.2) is 0 Å². The molecule has 1 aliphatic rings. The monoisotopic (exact) mass is 219 g/mol. The number of hydrogen-bond donors (Lipinski definition) is 1. The van der Waals surface area contributed by atoms with E-state index in [-0.39, 0.29) is 6.10 Å². The summed E-state index contributed by atoms with van der Waals surface area (Å²) in [7, 11) is 0. The number of anilines is 1. The van der Waals surface area contributed by atoms with Crippen LogP contribution < -0.4 is 4.90 Å². The maximum Gasteiger partial charge on any atom is 0.0781 e. The van der Waals surface area contributed by atoms with Gasteiger partial charge in [-0.2, -0.15) is 0 Å². The average molecular weight is 219 g/mol. The molecule has 0 amide bonds. The molecule has 0 aromatic heterocycles. The van der Waals surface area contributed by atoms with E-state index in [0.29, 0.717) is 5.41 Å². The highest BCUT2D eigenvalue weighted by Crippen LogP contribution is 2.35. The Labute approximate surface area is 97.9 Å². The molecule has 1 aliphatic heterocycles. The van der Waals surface area contributed by atoms with Crippen LogP contribution in [-0.2, 0) is 0 Å². The zero-order valence-electron chi connectivity index (χ0n) is 10.4. The van der Waals surface area contributed by atoms with Gasteiger partial charge in [0.2, 0.25) is 0 Å². The molecular weight excluding hydrogens is 198 g/mol. The van der Waals surface area contributed by atoms with Gasteiger partial charge in [-0.25, -0.2) is 0 Å². The second-order valence-corrected chi connectivity index (χ2v) is 5.57. The van der Waals surface area contributed by atoms with Crippen molar-refractivity contribution in [2.24, 2.45) is 5.41 Å². The van der Waals surface area contributed by atoms with Crippen molar-refractivity contribution >= 4 is 5.69 Å². The lowest BCUT2D eigenvalue weighted by Crippen LogP contribution is -2.24. The number of rotatable bonds is 2. The van der Waals surface area contributed by atoms with Crippen LogP contribution in [-0.4, -0.2) is 18.2 Å². The summed E-state index contributed by atoms with van der Waals surface area (Å²) in [5.74, 6) is 0. The van der Waals surface area contributed by atoms with E-state index in [4.69, 9.17) is 0 Å². The van der Waals surface area contributed by atoms with Crippen LogP contribution in [0.5, 0.6) is 0 Å². The number of aliphatic hydroxyl groups excluding tert-OH is 1. The van der Waals surface area contributed by atoms with E-state index in [9.17, 15) is 5.11 Å². The Morgan fingerprint density at radius 1 is 1.31 bits per heavy atom. The van der Waals surface area contributed by atoms with Crippen LogP contribution in [0.4, 0.5) is 5.69 Å². The molecule has 88 valence electrons. The van der Waals surface area contributed by atoms with Crippen LogP contribution in [0.15, 0.2) is 24.3 Å². The fourth-order valence-corrected chi connectivity index (χ4v) is 2.45. The lowest BCUT2D eigenvalue weighted by molar-refractivity contribution is 0.199. The molecule has 0 unspecified atom stereocenters. The molecule has 2 heteroatoms. The molecule has 1 atom stereocenters. The Bertz CT molecular complexity index is 371. The van der Waals surface area contributed by atoms with Gasteiger partial charge in [-0.05, 0) is 24.8 Å². The second kappa shape index (κ2) is 4.10. The van der Waals surface area contributed by atoms with Gasteiger partial charge < -0.3 is 10.0 Å². The third-order valence-corrected chi connectivity index (χ3v) is 3.40. The first-order chi connectivity index (χ1) is 7.49. The lowest BCUT2D eigenvalue weighted by Gasteiger charge is -2.25. The first-order valence-corrected chi connectivity index (χ1v) is 6.01. The molecule has 1 fully saturated rings. The van der Waals surface area contributed by atoms with Crippen molar-refractivity contribution in [3.63, 3.8) is 0 Å². The lowest BCUT2D eigenvalue weighted by atomic mass is 9.93. The Balaban J connectivity index is 2.28. The molecule has 1 N–H and O–H groups in total. The fourth-order valence-electron chi connectivity index (χ4n) is 2.45. The molecule has 2 nitrogen and oxygen atoms in total. The number of benzene rings is 1. The maximum atomic E-state index is 9.77. The molecule has 1 heterocycles. The predicted octanol–water partition coefficient (Wildman–Crippen LogP) is 2.98. The van der Waals surface area contributed by atoms with Crippen molar-refractivity contribution in [1.29, 1.82) is 0 Å². The standard InChI is InChI=1S/C14H21NO/c1-11(16)12-6-4-5-7-13(12)15-9-8-14(2,3)10-15/h4-7,11,16H,8-10H2,1-3H3/t11-/m1/s1. The average Bonchev–Trinajstić information content (AvgIpc) is 2.59. The number of aliphatic hydroxyl groups is 1. The van der Waals surface area contributed by atoms with Crippen LogP contribution >= 0.6 is 0 Å². The normalized spacial score (nSPS) is 21.1. The first-order valence-electron chi connectivity index (χ1n) is 6.01. The topological polar surface area (TPSA) is 23.5 Å². The van der Waals surface area contributed by atoms with Crippen molar-refractivity contribution in [3.8, 4) is 0 Å². The summed E-state index contributed by atoms with van der Waals surface area (Å²) in [4.78, 5) is 2.39. The Kier molecular flexibility index (Phi) is 2.94. The quantitative estimate of drug-likeness (QED) is 0.826. The van der Waals surface area contributed by atoms with Gasteiger partial charge in [0.25, 0.3) is 0 Å². The molecule has 0 aliphatic carbocycles. The predicted molar refractivity (Wildman–Crippen MR) is 67.7 cm³/mol. The van der Waals surface area contributed by atoms with E-state index in [1.807, 2.05) is 25.1 Å². The largest absolute Gasteiger partial charge is 0.389 e. The van der Waals surface area contributed by atoms with Gasteiger partial charge >= 0.3 is 0 Å². The molecule has 0 spiro atoms. The molecular formula is C14H21NO. The van der Waals surface area contributed by atoms with E-state index in [0.717, 1.165) is 18.7 Å². The minimum absolute atomic E-state index is 0.389. The molecule has 0 radical (unpaired) electrons. The van der Waals surface area contributed by atoms with Gasteiger partial charge in [-0.1, -0.05) is 32.0 Å². The Hall–Kier alpha value is -1.02.